The van der Waals surface area contributed by atoms with E-state index >= 15 is 0 Å². The van der Waals surface area contributed by atoms with Crippen LogP contribution in [-0.2, 0) is 13.0 Å². The molecule has 182 valence electrons. The van der Waals surface area contributed by atoms with Crippen molar-refractivity contribution in [3.05, 3.63) is 106 Å². The number of methoxy groups -OCH3 is 1. The fraction of sp³-hybridized carbons (Fsp3) is 0.250. The molecule has 1 heterocycles. The number of hydrogen-bond acceptors (Lipinski definition) is 6. The molecule has 0 radical (unpaired) electrons. The molecule has 0 aliphatic heterocycles. The molecule has 7 nitrogen and oxygen atoms in total. The zero-order valence-corrected chi connectivity index (χ0v) is 19.8. The number of hydrogen-bond donors (Lipinski definition) is 3. The van der Waals surface area contributed by atoms with E-state index in [4.69, 9.17) is 9.47 Å². The maximum absolute atomic E-state index is 12.1. The minimum Gasteiger partial charge on any atom is -0.497 e. The van der Waals surface area contributed by atoms with Gasteiger partial charge in [-0.2, -0.15) is 0 Å². The average molecular weight is 475 g/mol. The standard InChI is InChI=1S/C28H30N2O5/c1-19(16-20-8-10-22(34-2)11-9-20)29-17-25(31)23-12-14-26(35-18-21-6-4-3-5-7-21)28-24(23)13-15-27(32)30(28)33/h3-15,19,25,29,31,33H,16-18H2,1-2H3. The van der Waals surface area contributed by atoms with Crippen molar-refractivity contribution < 1.29 is 19.8 Å². The first kappa shape index (κ1) is 24.3. The average Bonchev–Trinajstić information content (AvgIpc) is 2.89. The fourth-order valence-corrected chi connectivity index (χ4v) is 4.09. The molecule has 2 unspecified atom stereocenters. The SMILES string of the molecule is COc1ccc(CC(C)NCC(O)c2ccc(OCc3ccccc3)c3c2ccc(=O)n3O)cc1. The minimum absolute atomic E-state index is 0.119. The van der Waals surface area contributed by atoms with Crippen LogP contribution < -0.4 is 20.3 Å². The summed E-state index contributed by atoms with van der Waals surface area (Å²) in [5, 5.41) is 25.4. The molecule has 3 aromatic carbocycles. The lowest BCUT2D eigenvalue weighted by Gasteiger charge is -2.20. The number of nitrogens with zero attached hydrogens (tertiary/aromatic N) is 1. The highest BCUT2D eigenvalue weighted by atomic mass is 16.5. The Bertz CT molecular complexity index is 1320. The molecule has 0 aliphatic rings. The topological polar surface area (TPSA) is 93.0 Å². The number of aromatic nitrogens is 1. The summed E-state index contributed by atoms with van der Waals surface area (Å²) in [4.78, 5) is 12.1. The van der Waals surface area contributed by atoms with Crippen LogP contribution in [0.25, 0.3) is 10.9 Å². The first-order chi connectivity index (χ1) is 17.0. The molecule has 2 atom stereocenters. The predicted molar refractivity (Wildman–Crippen MR) is 135 cm³/mol. The number of aliphatic hydroxyl groups excluding tert-OH is 1. The summed E-state index contributed by atoms with van der Waals surface area (Å²) in [5.41, 5.74) is 2.38. The lowest BCUT2D eigenvalue weighted by Crippen LogP contribution is -2.32. The van der Waals surface area contributed by atoms with E-state index in [1.54, 1.807) is 25.3 Å². The molecule has 0 fully saturated rings. The van der Waals surface area contributed by atoms with E-state index in [0.29, 0.717) is 28.0 Å². The zero-order valence-electron chi connectivity index (χ0n) is 19.8. The molecular formula is C28H30N2O5. The molecule has 0 saturated carbocycles. The Labute approximate surface area is 204 Å². The normalized spacial score (nSPS) is 12.9. The summed E-state index contributed by atoms with van der Waals surface area (Å²) in [7, 11) is 1.64. The minimum atomic E-state index is -0.850. The summed E-state index contributed by atoms with van der Waals surface area (Å²) < 4.78 is 11.7. The quantitative estimate of drug-likeness (QED) is 0.300. The number of benzene rings is 3. The molecule has 0 amide bonds. The van der Waals surface area contributed by atoms with Gasteiger partial charge in [-0.15, -0.1) is 4.73 Å². The van der Waals surface area contributed by atoms with Crippen LogP contribution in [0.15, 0.2) is 83.7 Å². The number of pyridine rings is 1. The molecule has 0 saturated heterocycles. The van der Waals surface area contributed by atoms with E-state index in [1.165, 1.54) is 6.07 Å². The Hall–Kier alpha value is -3.81. The lowest BCUT2D eigenvalue weighted by molar-refractivity contribution is 0.171. The molecule has 4 aromatic rings. The van der Waals surface area contributed by atoms with Crippen molar-refractivity contribution in [2.75, 3.05) is 13.7 Å². The number of aliphatic hydroxyl groups is 1. The van der Waals surface area contributed by atoms with Gasteiger partial charge in [0.25, 0.3) is 5.56 Å². The van der Waals surface area contributed by atoms with Gasteiger partial charge >= 0.3 is 0 Å². The monoisotopic (exact) mass is 474 g/mol. The Balaban J connectivity index is 1.50. The third-order valence-electron chi connectivity index (χ3n) is 5.98. The van der Waals surface area contributed by atoms with Crippen molar-refractivity contribution in [3.63, 3.8) is 0 Å². The summed E-state index contributed by atoms with van der Waals surface area (Å²) in [6, 6.07) is 24.0. The van der Waals surface area contributed by atoms with Crippen LogP contribution in [0.1, 0.15) is 29.7 Å². The van der Waals surface area contributed by atoms with Crippen LogP contribution in [0.3, 0.4) is 0 Å². The lowest BCUT2D eigenvalue weighted by atomic mass is 10.0. The van der Waals surface area contributed by atoms with Crippen molar-refractivity contribution >= 4 is 10.9 Å². The van der Waals surface area contributed by atoms with E-state index < -0.39 is 11.7 Å². The van der Waals surface area contributed by atoms with Crippen LogP contribution >= 0.6 is 0 Å². The molecule has 0 spiro atoms. The van der Waals surface area contributed by atoms with Gasteiger partial charge in [-0.25, -0.2) is 0 Å². The van der Waals surface area contributed by atoms with Gasteiger partial charge in [-0.1, -0.05) is 48.5 Å². The highest BCUT2D eigenvalue weighted by Gasteiger charge is 2.18. The van der Waals surface area contributed by atoms with Gasteiger partial charge in [0, 0.05) is 24.0 Å². The highest BCUT2D eigenvalue weighted by Crippen LogP contribution is 2.31. The second kappa shape index (κ2) is 11.1. The van der Waals surface area contributed by atoms with Crippen LogP contribution in [0, 0.1) is 0 Å². The van der Waals surface area contributed by atoms with E-state index in [9.17, 15) is 15.1 Å². The molecule has 0 bridgehead atoms. The van der Waals surface area contributed by atoms with Crippen molar-refractivity contribution in [1.82, 2.24) is 10.0 Å². The Morgan fingerprint density at radius 2 is 1.69 bits per heavy atom. The first-order valence-corrected chi connectivity index (χ1v) is 11.5. The summed E-state index contributed by atoms with van der Waals surface area (Å²) in [6.45, 7) is 2.65. The van der Waals surface area contributed by atoms with Gasteiger partial charge in [-0.3, -0.25) is 4.79 Å². The smallest absolute Gasteiger partial charge is 0.283 e. The van der Waals surface area contributed by atoms with E-state index in [-0.39, 0.29) is 18.2 Å². The molecule has 1 aromatic heterocycles. The van der Waals surface area contributed by atoms with Crippen molar-refractivity contribution in [1.29, 1.82) is 0 Å². The number of nitrogens with one attached hydrogen (secondary N) is 1. The van der Waals surface area contributed by atoms with E-state index in [2.05, 4.69) is 12.2 Å². The maximum Gasteiger partial charge on any atom is 0.283 e. The van der Waals surface area contributed by atoms with Crippen LogP contribution in [-0.4, -0.2) is 34.7 Å². The van der Waals surface area contributed by atoms with Crippen molar-refractivity contribution in [2.45, 2.75) is 32.1 Å². The maximum atomic E-state index is 12.1. The molecule has 3 N–H and O–H groups in total. The molecule has 7 heteroatoms. The highest BCUT2D eigenvalue weighted by molar-refractivity contribution is 5.88. The van der Waals surface area contributed by atoms with Crippen molar-refractivity contribution in [2.24, 2.45) is 0 Å². The largest absolute Gasteiger partial charge is 0.497 e. The first-order valence-electron chi connectivity index (χ1n) is 11.5. The van der Waals surface area contributed by atoms with E-state index in [0.717, 1.165) is 23.3 Å². The Morgan fingerprint density at radius 3 is 2.40 bits per heavy atom. The second-order valence-corrected chi connectivity index (χ2v) is 8.55. The summed E-state index contributed by atoms with van der Waals surface area (Å²) in [6.07, 6.45) is -0.0589. The Morgan fingerprint density at radius 1 is 0.943 bits per heavy atom. The second-order valence-electron chi connectivity index (χ2n) is 8.55. The molecule has 4 rings (SSSR count). The summed E-state index contributed by atoms with van der Waals surface area (Å²) in [5.74, 6) is 1.18. The van der Waals surface area contributed by atoms with Gasteiger partial charge in [0.1, 0.15) is 23.6 Å². The number of fused-ring (bicyclic) bond motifs is 1. The zero-order chi connectivity index (χ0) is 24.8. The predicted octanol–water partition coefficient (Wildman–Crippen LogP) is 4.08. The third-order valence-corrected chi connectivity index (χ3v) is 5.98. The third kappa shape index (κ3) is 5.82. The summed E-state index contributed by atoms with van der Waals surface area (Å²) >= 11 is 0. The van der Waals surface area contributed by atoms with Gasteiger partial charge in [0.05, 0.1) is 13.2 Å². The number of rotatable bonds is 10. The molecular weight excluding hydrogens is 444 g/mol. The Kier molecular flexibility index (Phi) is 7.70. The van der Waals surface area contributed by atoms with Crippen LogP contribution in [0.4, 0.5) is 0 Å². The molecule has 35 heavy (non-hydrogen) atoms. The van der Waals surface area contributed by atoms with Crippen molar-refractivity contribution in [3.8, 4) is 11.5 Å². The van der Waals surface area contributed by atoms with Gasteiger partial charge in [0.2, 0.25) is 0 Å². The van der Waals surface area contributed by atoms with Gasteiger partial charge in [0.15, 0.2) is 0 Å². The number of ether oxygens (including phenoxy) is 2. The van der Waals surface area contributed by atoms with Gasteiger partial charge in [-0.05, 0) is 54.3 Å². The van der Waals surface area contributed by atoms with Crippen LogP contribution in [0.2, 0.25) is 0 Å². The van der Waals surface area contributed by atoms with Gasteiger partial charge < -0.3 is 25.1 Å². The molecule has 0 aliphatic carbocycles. The van der Waals surface area contributed by atoms with Crippen LogP contribution in [0.5, 0.6) is 11.5 Å². The van der Waals surface area contributed by atoms with E-state index in [1.807, 2.05) is 54.6 Å². The fourth-order valence-electron chi connectivity index (χ4n) is 4.09.